The molecule has 1 aromatic heterocycles. The molecule has 0 saturated carbocycles. The minimum Gasteiger partial charge on any atom is -0.479 e. The molecule has 104 valence electrons. The van der Waals surface area contributed by atoms with Crippen LogP contribution < -0.4 is 9.64 Å². The van der Waals surface area contributed by atoms with E-state index in [1.807, 2.05) is 11.8 Å². The van der Waals surface area contributed by atoms with Crippen molar-refractivity contribution in [3.63, 3.8) is 0 Å². The number of hydrogen-bond acceptors (Lipinski definition) is 5. The zero-order valence-electron chi connectivity index (χ0n) is 10.7. The van der Waals surface area contributed by atoms with Gasteiger partial charge in [-0.05, 0) is 19.1 Å². The van der Waals surface area contributed by atoms with Crippen LogP contribution in [0.25, 0.3) is 0 Å². The number of nitrogens with zero attached hydrogens (tertiary/aromatic N) is 2. The number of anilines is 1. The highest BCUT2D eigenvalue weighted by Crippen LogP contribution is 2.31. The summed E-state index contributed by atoms with van der Waals surface area (Å²) in [5.41, 5.74) is -0.146. The van der Waals surface area contributed by atoms with E-state index in [0.29, 0.717) is 0 Å². The van der Waals surface area contributed by atoms with Crippen molar-refractivity contribution < 1.29 is 19.4 Å². The molecule has 0 unspecified atom stereocenters. The first kappa shape index (κ1) is 13.9. The number of halogens is 1. The summed E-state index contributed by atoms with van der Waals surface area (Å²) < 4.78 is 10.4. The number of ether oxygens (including phenoxy) is 2. The van der Waals surface area contributed by atoms with Crippen LogP contribution in [0, 0.1) is 0 Å². The number of carboxylic acids is 1. The van der Waals surface area contributed by atoms with Crippen molar-refractivity contribution >= 4 is 23.4 Å². The van der Waals surface area contributed by atoms with Gasteiger partial charge in [-0.2, -0.15) is 0 Å². The number of aromatic nitrogens is 1. The van der Waals surface area contributed by atoms with Gasteiger partial charge >= 0.3 is 5.97 Å². The van der Waals surface area contributed by atoms with Gasteiger partial charge in [0, 0.05) is 20.2 Å². The van der Waals surface area contributed by atoms with Crippen LogP contribution in [0.1, 0.15) is 6.92 Å². The maximum atomic E-state index is 10.4. The van der Waals surface area contributed by atoms with Gasteiger partial charge in [-0.1, -0.05) is 11.6 Å². The van der Waals surface area contributed by atoms with E-state index in [0.717, 1.165) is 18.9 Å². The molecule has 1 N–H and O–H groups in total. The van der Waals surface area contributed by atoms with E-state index >= 15 is 0 Å². The standard InChI is InChI=1S/C12H15ClN2O4/c1-12(18-2)6-15(7-12)9-4-3-8(11(13)14-9)19-5-10(16)17/h3-4H,5-7H2,1-2H3,(H,16,17). The highest BCUT2D eigenvalue weighted by Gasteiger charge is 2.39. The Morgan fingerprint density at radius 3 is 2.79 bits per heavy atom. The van der Waals surface area contributed by atoms with Crippen molar-refractivity contribution in [2.45, 2.75) is 12.5 Å². The van der Waals surface area contributed by atoms with Crippen molar-refractivity contribution in [1.82, 2.24) is 4.98 Å². The number of methoxy groups -OCH3 is 1. The van der Waals surface area contributed by atoms with Gasteiger partial charge in [-0.3, -0.25) is 0 Å². The molecule has 1 fully saturated rings. The molecule has 2 rings (SSSR count). The molecule has 1 saturated heterocycles. The fraction of sp³-hybridized carbons (Fsp3) is 0.500. The summed E-state index contributed by atoms with van der Waals surface area (Å²) in [6.45, 7) is 3.06. The third-order valence-electron chi connectivity index (χ3n) is 3.02. The van der Waals surface area contributed by atoms with Gasteiger partial charge < -0.3 is 19.5 Å². The molecule has 0 aliphatic carbocycles. The lowest BCUT2D eigenvalue weighted by atomic mass is 9.96. The smallest absolute Gasteiger partial charge is 0.341 e. The molecule has 0 atom stereocenters. The molecule has 19 heavy (non-hydrogen) atoms. The number of pyridine rings is 1. The number of carbonyl (C=O) groups is 1. The average Bonchev–Trinajstić information content (AvgIpc) is 2.33. The van der Waals surface area contributed by atoms with Crippen molar-refractivity contribution in [3.05, 3.63) is 17.3 Å². The molecule has 1 aliphatic heterocycles. The predicted octanol–water partition coefficient (Wildman–Crippen LogP) is 1.42. The molecule has 2 heterocycles. The summed E-state index contributed by atoms with van der Waals surface area (Å²) in [6.07, 6.45) is 0. The molecule has 6 nitrogen and oxygen atoms in total. The Kier molecular flexibility index (Phi) is 3.82. The van der Waals surface area contributed by atoms with E-state index in [2.05, 4.69) is 4.98 Å². The quantitative estimate of drug-likeness (QED) is 0.826. The summed E-state index contributed by atoms with van der Waals surface area (Å²) in [5, 5.41) is 8.69. The fourth-order valence-electron chi connectivity index (χ4n) is 1.89. The second-order valence-corrected chi connectivity index (χ2v) is 5.01. The Morgan fingerprint density at radius 1 is 1.58 bits per heavy atom. The topological polar surface area (TPSA) is 71.9 Å². The maximum absolute atomic E-state index is 10.4. The first-order valence-corrected chi connectivity index (χ1v) is 6.12. The summed E-state index contributed by atoms with van der Waals surface area (Å²) in [4.78, 5) is 16.6. The second kappa shape index (κ2) is 5.22. The first-order valence-electron chi connectivity index (χ1n) is 5.75. The van der Waals surface area contributed by atoms with Gasteiger partial charge in [0.25, 0.3) is 0 Å². The fourth-order valence-corrected chi connectivity index (χ4v) is 2.09. The summed E-state index contributed by atoms with van der Waals surface area (Å²) >= 11 is 5.96. The first-order chi connectivity index (χ1) is 8.93. The number of carboxylic acid groups (broad SMARTS) is 1. The Balaban J connectivity index is 2.02. The van der Waals surface area contributed by atoms with Crippen LogP contribution in [0.2, 0.25) is 5.15 Å². The molecule has 0 aromatic carbocycles. The van der Waals surface area contributed by atoms with Gasteiger partial charge in [0.2, 0.25) is 0 Å². The Bertz CT molecular complexity index is 489. The highest BCUT2D eigenvalue weighted by atomic mass is 35.5. The van der Waals surface area contributed by atoms with Crippen LogP contribution in [0.4, 0.5) is 5.82 Å². The lowest BCUT2D eigenvalue weighted by molar-refractivity contribution is -0.139. The molecular formula is C12H15ClN2O4. The van der Waals surface area contributed by atoms with Crippen LogP contribution >= 0.6 is 11.6 Å². The zero-order chi connectivity index (χ0) is 14.0. The second-order valence-electron chi connectivity index (χ2n) is 4.65. The Morgan fingerprint density at radius 2 is 2.26 bits per heavy atom. The highest BCUT2D eigenvalue weighted by molar-refractivity contribution is 6.31. The van der Waals surface area contributed by atoms with Gasteiger partial charge in [-0.25, -0.2) is 9.78 Å². The molecule has 1 aliphatic rings. The minimum atomic E-state index is -1.06. The van der Waals surface area contributed by atoms with E-state index in [9.17, 15) is 4.79 Å². The summed E-state index contributed by atoms with van der Waals surface area (Å²) in [7, 11) is 1.68. The molecule has 1 aromatic rings. The number of aliphatic carboxylic acids is 1. The zero-order valence-corrected chi connectivity index (χ0v) is 11.5. The van der Waals surface area contributed by atoms with Crippen LogP contribution in [-0.2, 0) is 9.53 Å². The molecule has 0 radical (unpaired) electrons. The van der Waals surface area contributed by atoms with Crippen LogP contribution in [-0.4, -0.2) is 48.5 Å². The van der Waals surface area contributed by atoms with Crippen molar-refractivity contribution in [3.8, 4) is 5.75 Å². The maximum Gasteiger partial charge on any atom is 0.341 e. The van der Waals surface area contributed by atoms with Crippen molar-refractivity contribution in [2.75, 3.05) is 31.7 Å². The van der Waals surface area contributed by atoms with E-state index in [1.165, 1.54) is 0 Å². The minimum absolute atomic E-state index is 0.146. The van der Waals surface area contributed by atoms with Gasteiger partial charge in [0.15, 0.2) is 17.5 Å². The van der Waals surface area contributed by atoms with Gasteiger partial charge in [0.1, 0.15) is 5.82 Å². The summed E-state index contributed by atoms with van der Waals surface area (Å²) in [5.74, 6) is -0.0659. The number of hydrogen-bond donors (Lipinski definition) is 1. The van der Waals surface area contributed by atoms with Gasteiger partial charge in [0.05, 0.1) is 5.60 Å². The van der Waals surface area contributed by atoms with Crippen molar-refractivity contribution in [2.24, 2.45) is 0 Å². The monoisotopic (exact) mass is 286 g/mol. The van der Waals surface area contributed by atoms with E-state index in [4.69, 9.17) is 26.2 Å². The third kappa shape index (κ3) is 3.08. The van der Waals surface area contributed by atoms with E-state index < -0.39 is 12.6 Å². The van der Waals surface area contributed by atoms with Crippen LogP contribution in [0.15, 0.2) is 12.1 Å². The molecule has 0 spiro atoms. The summed E-state index contributed by atoms with van der Waals surface area (Å²) in [6, 6.07) is 3.37. The largest absolute Gasteiger partial charge is 0.479 e. The molecular weight excluding hydrogens is 272 g/mol. The lowest BCUT2D eigenvalue weighted by Gasteiger charge is -2.47. The SMILES string of the molecule is COC1(C)CN(c2ccc(OCC(=O)O)c(Cl)n2)C1. The van der Waals surface area contributed by atoms with E-state index in [1.54, 1.807) is 19.2 Å². The lowest BCUT2D eigenvalue weighted by Crippen LogP contribution is -2.61. The Hall–Kier alpha value is -1.53. The normalized spacial score (nSPS) is 16.9. The number of rotatable bonds is 5. The van der Waals surface area contributed by atoms with Crippen molar-refractivity contribution in [1.29, 1.82) is 0 Å². The van der Waals surface area contributed by atoms with Crippen LogP contribution in [0.5, 0.6) is 5.75 Å². The van der Waals surface area contributed by atoms with Crippen LogP contribution in [0.3, 0.4) is 0 Å². The third-order valence-corrected chi connectivity index (χ3v) is 3.29. The van der Waals surface area contributed by atoms with Gasteiger partial charge in [-0.15, -0.1) is 0 Å². The molecule has 7 heteroatoms. The Labute approximate surface area is 115 Å². The molecule has 0 amide bonds. The molecule has 0 bridgehead atoms. The predicted molar refractivity (Wildman–Crippen MR) is 70.0 cm³/mol. The van der Waals surface area contributed by atoms with E-state index in [-0.39, 0.29) is 16.5 Å². The average molecular weight is 287 g/mol.